The van der Waals surface area contributed by atoms with E-state index >= 15 is 0 Å². The van der Waals surface area contributed by atoms with E-state index in [0.29, 0.717) is 24.4 Å². The van der Waals surface area contributed by atoms with Crippen molar-refractivity contribution >= 4 is 27.6 Å². The molecule has 0 aliphatic carbocycles. The zero-order valence-corrected chi connectivity index (χ0v) is 9.66. The summed E-state index contributed by atoms with van der Waals surface area (Å²) in [5.74, 6) is -0.266. The lowest BCUT2D eigenvalue weighted by molar-refractivity contribution is -0.137. The van der Waals surface area contributed by atoms with Crippen LogP contribution in [0, 0.1) is 0 Å². The molecule has 90 valence electrons. The van der Waals surface area contributed by atoms with Crippen LogP contribution in [0.3, 0.4) is 0 Å². The molecule has 0 saturated heterocycles. The SMILES string of the molecule is O=C(O)CCCOc1ccc2sc(=O)oc2c1. The third-order valence-corrected chi connectivity index (χ3v) is 2.91. The lowest BCUT2D eigenvalue weighted by Crippen LogP contribution is -2.01. The topological polar surface area (TPSA) is 76.7 Å². The van der Waals surface area contributed by atoms with Crippen LogP contribution >= 0.6 is 11.3 Å². The molecule has 1 N–H and O–H groups in total. The van der Waals surface area contributed by atoms with Gasteiger partial charge in [0.2, 0.25) is 0 Å². The predicted octanol–water partition coefficient (Wildman–Crippen LogP) is 2.10. The average molecular weight is 254 g/mol. The van der Waals surface area contributed by atoms with Crippen molar-refractivity contribution in [2.45, 2.75) is 12.8 Å². The van der Waals surface area contributed by atoms with Gasteiger partial charge in [-0.25, -0.2) is 4.79 Å². The van der Waals surface area contributed by atoms with Crippen molar-refractivity contribution in [2.75, 3.05) is 6.61 Å². The smallest absolute Gasteiger partial charge is 0.396 e. The molecule has 0 aliphatic rings. The number of rotatable bonds is 5. The first-order valence-corrected chi connectivity index (χ1v) is 5.85. The van der Waals surface area contributed by atoms with Crippen LogP contribution in [0.4, 0.5) is 0 Å². The molecule has 1 aromatic carbocycles. The monoisotopic (exact) mass is 254 g/mol. The molecule has 0 radical (unpaired) electrons. The van der Waals surface area contributed by atoms with E-state index in [2.05, 4.69) is 0 Å². The molecule has 0 atom stereocenters. The van der Waals surface area contributed by atoms with Crippen molar-refractivity contribution in [3.63, 3.8) is 0 Å². The van der Waals surface area contributed by atoms with Gasteiger partial charge in [-0.2, -0.15) is 0 Å². The number of benzene rings is 1. The maximum atomic E-state index is 11.0. The van der Waals surface area contributed by atoms with Crippen LogP contribution in [0.2, 0.25) is 0 Å². The molecule has 5 nitrogen and oxygen atoms in total. The number of ether oxygens (including phenoxy) is 1. The average Bonchev–Trinajstić information content (AvgIpc) is 2.63. The first-order valence-electron chi connectivity index (χ1n) is 5.03. The summed E-state index contributed by atoms with van der Waals surface area (Å²) in [7, 11) is 0. The van der Waals surface area contributed by atoms with Gasteiger partial charge in [-0.15, -0.1) is 0 Å². The van der Waals surface area contributed by atoms with Gasteiger partial charge in [0.25, 0.3) is 0 Å². The standard InChI is InChI=1S/C11H10O5S/c12-10(13)2-1-5-15-7-3-4-9-8(6-7)16-11(14)17-9/h3-4,6H,1-2,5H2,(H,12,13). The molecule has 17 heavy (non-hydrogen) atoms. The highest BCUT2D eigenvalue weighted by molar-refractivity contribution is 7.16. The molecule has 1 heterocycles. The van der Waals surface area contributed by atoms with E-state index in [1.54, 1.807) is 18.2 Å². The Kier molecular flexibility index (Phi) is 3.43. The van der Waals surface area contributed by atoms with Crippen molar-refractivity contribution in [3.8, 4) is 5.75 Å². The summed E-state index contributed by atoms with van der Waals surface area (Å²) in [6, 6.07) is 5.11. The van der Waals surface area contributed by atoms with Crippen LogP contribution in [-0.4, -0.2) is 17.7 Å². The highest BCUT2D eigenvalue weighted by atomic mass is 32.1. The summed E-state index contributed by atoms with van der Waals surface area (Å²) in [6.07, 6.45) is 0.525. The van der Waals surface area contributed by atoms with E-state index in [4.69, 9.17) is 14.3 Å². The van der Waals surface area contributed by atoms with Gasteiger partial charge >= 0.3 is 10.9 Å². The predicted molar refractivity (Wildman–Crippen MR) is 62.7 cm³/mol. The molecule has 6 heteroatoms. The number of carbonyl (C=O) groups is 1. The lowest BCUT2D eigenvalue weighted by Gasteiger charge is -2.04. The van der Waals surface area contributed by atoms with Crippen LogP contribution in [-0.2, 0) is 4.79 Å². The number of aliphatic carboxylic acids is 1. The van der Waals surface area contributed by atoms with Gasteiger partial charge in [-0.3, -0.25) is 4.79 Å². The number of hydrogen-bond acceptors (Lipinski definition) is 5. The molecule has 0 bridgehead atoms. The minimum atomic E-state index is -0.840. The van der Waals surface area contributed by atoms with Crippen molar-refractivity contribution in [1.82, 2.24) is 0 Å². The van der Waals surface area contributed by atoms with Crippen LogP contribution < -0.4 is 9.68 Å². The molecule has 1 aromatic heterocycles. The first kappa shape index (κ1) is 11.7. The van der Waals surface area contributed by atoms with Crippen LogP contribution in [0.5, 0.6) is 5.75 Å². The molecule has 0 aliphatic heterocycles. The quantitative estimate of drug-likeness (QED) is 0.827. The third-order valence-electron chi connectivity index (χ3n) is 2.11. The van der Waals surface area contributed by atoms with Crippen LogP contribution in [0.15, 0.2) is 27.4 Å². The Morgan fingerprint density at radius 2 is 2.29 bits per heavy atom. The van der Waals surface area contributed by atoms with Crippen molar-refractivity contribution in [1.29, 1.82) is 0 Å². The molecule has 0 unspecified atom stereocenters. The van der Waals surface area contributed by atoms with E-state index in [1.807, 2.05) is 0 Å². The fraction of sp³-hybridized carbons (Fsp3) is 0.273. The second-order valence-electron chi connectivity index (χ2n) is 3.41. The number of carboxylic acids is 1. The second-order valence-corrected chi connectivity index (χ2v) is 4.39. The largest absolute Gasteiger partial charge is 0.493 e. The Bertz CT molecular complexity index is 583. The van der Waals surface area contributed by atoms with Crippen LogP contribution in [0.1, 0.15) is 12.8 Å². The number of fused-ring (bicyclic) bond motifs is 1. The molecule has 2 rings (SSSR count). The Morgan fingerprint density at radius 1 is 1.47 bits per heavy atom. The molecule has 0 saturated carbocycles. The zero-order valence-electron chi connectivity index (χ0n) is 8.84. The summed E-state index contributed by atoms with van der Waals surface area (Å²) in [5.41, 5.74) is 0.496. The fourth-order valence-corrected chi connectivity index (χ4v) is 2.00. The summed E-state index contributed by atoms with van der Waals surface area (Å²) in [4.78, 5) is 20.9. The van der Waals surface area contributed by atoms with Gasteiger partial charge in [-0.1, -0.05) is 11.3 Å². The van der Waals surface area contributed by atoms with Gasteiger partial charge < -0.3 is 14.3 Å². The van der Waals surface area contributed by atoms with Crippen LogP contribution in [0.25, 0.3) is 10.3 Å². The number of carboxylic acid groups (broad SMARTS) is 1. The summed E-state index contributed by atoms with van der Waals surface area (Å²) >= 11 is 1.04. The molecular weight excluding hydrogens is 244 g/mol. The van der Waals surface area contributed by atoms with Crippen molar-refractivity contribution in [3.05, 3.63) is 27.9 Å². The third kappa shape index (κ3) is 3.07. The Morgan fingerprint density at radius 3 is 3.06 bits per heavy atom. The van der Waals surface area contributed by atoms with E-state index < -0.39 is 5.97 Å². The summed E-state index contributed by atoms with van der Waals surface area (Å²) in [6.45, 7) is 0.326. The van der Waals surface area contributed by atoms with E-state index in [1.165, 1.54) is 0 Å². The van der Waals surface area contributed by atoms with Gasteiger partial charge in [0.1, 0.15) is 5.75 Å². The highest BCUT2D eigenvalue weighted by Crippen LogP contribution is 2.22. The van der Waals surface area contributed by atoms with Crippen molar-refractivity contribution < 1.29 is 19.1 Å². The molecule has 0 spiro atoms. The Hall–Kier alpha value is -1.82. The highest BCUT2D eigenvalue weighted by Gasteiger charge is 2.04. The first-order chi connectivity index (χ1) is 8.15. The minimum absolute atomic E-state index is 0.0791. The molecular formula is C11H10O5S. The Balaban J connectivity index is 1.99. The van der Waals surface area contributed by atoms with E-state index in [0.717, 1.165) is 16.0 Å². The Labute approximate surface area is 100 Å². The van der Waals surface area contributed by atoms with Gasteiger partial charge in [-0.05, 0) is 18.6 Å². The molecule has 0 fully saturated rings. The molecule has 2 aromatic rings. The number of hydrogen-bond donors (Lipinski definition) is 1. The minimum Gasteiger partial charge on any atom is -0.493 e. The maximum Gasteiger partial charge on any atom is 0.396 e. The van der Waals surface area contributed by atoms with Gasteiger partial charge in [0, 0.05) is 12.5 Å². The normalized spacial score (nSPS) is 10.6. The zero-order chi connectivity index (χ0) is 12.3. The lowest BCUT2D eigenvalue weighted by atomic mass is 10.3. The van der Waals surface area contributed by atoms with E-state index in [9.17, 15) is 9.59 Å². The molecule has 0 amide bonds. The second kappa shape index (κ2) is 5.01. The van der Waals surface area contributed by atoms with Gasteiger partial charge in [0.05, 0.1) is 11.3 Å². The maximum absolute atomic E-state index is 11.0. The van der Waals surface area contributed by atoms with Crippen molar-refractivity contribution in [2.24, 2.45) is 0 Å². The van der Waals surface area contributed by atoms with E-state index in [-0.39, 0.29) is 11.4 Å². The van der Waals surface area contributed by atoms with Gasteiger partial charge in [0.15, 0.2) is 5.58 Å². The fourth-order valence-electron chi connectivity index (χ4n) is 1.36. The summed E-state index contributed by atoms with van der Waals surface area (Å²) in [5, 5.41) is 8.45. The summed E-state index contributed by atoms with van der Waals surface area (Å²) < 4.78 is 11.1.